The van der Waals surface area contributed by atoms with E-state index in [2.05, 4.69) is 0 Å². The first kappa shape index (κ1) is 15.6. The molecule has 21 heavy (non-hydrogen) atoms. The van der Waals surface area contributed by atoms with E-state index in [0.717, 1.165) is 0 Å². The lowest BCUT2D eigenvalue weighted by Gasteiger charge is -2.27. The van der Waals surface area contributed by atoms with Crippen LogP contribution in [-0.4, -0.2) is 52.8 Å². The molecule has 0 unspecified atom stereocenters. The summed E-state index contributed by atoms with van der Waals surface area (Å²) in [4.78, 5) is 37.1. The standard InChI is InChI=1S/C14H21NO6/c1-14(2,3)21-13(19)15-7-5-6-8(15)10(12(18)20-4)9(7)11(16)17/h7-10H,5-6H2,1-4H3,(H,16,17)/t7-,8+,9+,10-/m1/s1. The molecule has 2 bridgehead atoms. The van der Waals surface area contributed by atoms with Crippen molar-refractivity contribution in [3.63, 3.8) is 0 Å². The van der Waals surface area contributed by atoms with Crippen molar-refractivity contribution in [2.45, 2.75) is 51.3 Å². The smallest absolute Gasteiger partial charge is 0.410 e. The molecule has 1 N–H and O–H groups in total. The maximum absolute atomic E-state index is 12.3. The summed E-state index contributed by atoms with van der Waals surface area (Å²) in [7, 11) is 1.23. The molecule has 0 saturated carbocycles. The summed E-state index contributed by atoms with van der Waals surface area (Å²) in [5.41, 5.74) is -0.668. The van der Waals surface area contributed by atoms with Gasteiger partial charge in [-0.25, -0.2) is 4.79 Å². The quantitative estimate of drug-likeness (QED) is 0.772. The molecule has 2 saturated heterocycles. The second-order valence-corrected chi connectivity index (χ2v) is 6.51. The van der Waals surface area contributed by atoms with Gasteiger partial charge in [0.2, 0.25) is 0 Å². The van der Waals surface area contributed by atoms with Crippen LogP contribution in [0.1, 0.15) is 33.6 Å². The maximum Gasteiger partial charge on any atom is 0.410 e. The molecule has 4 atom stereocenters. The van der Waals surface area contributed by atoms with E-state index in [0.29, 0.717) is 12.8 Å². The van der Waals surface area contributed by atoms with E-state index in [-0.39, 0.29) is 0 Å². The van der Waals surface area contributed by atoms with Crippen molar-refractivity contribution in [2.24, 2.45) is 11.8 Å². The van der Waals surface area contributed by atoms with Gasteiger partial charge in [-0.3, -0.25) is 9.59 Å². The Morgan fingerprint density at radius 2 is 1.62 bits per heavy atom. The number of carboxylic acids is 1. The number of esters is 1. The van der Waals surface area contributed by atoms with E-state index < -0.39 is 47.6 Å². The van der Waals surface area contributed by atoms with Gasteiger partial charge in [0, 0.05) is 12.1 Å². The number of carbonyl (C=O) groups excluding carboxylic acids is 2. The fourth-order valence-corrected chi connectivity index (χ4v) is 3.39. The van der Waals surface area contributed by atoms with Gasteiger partial charge in [-0.2, -0.15) is 0 Å². The number of amides is 1. The summed E-state index contributed by atoms with van der Waals surface area (Å²) >= 11 is 0. The fourth-order valence-electron chi connectivity index (χ4n) is 3.39. The molecule has 0 aromatic rings. The summed E-state index contributed by atoms with van der Waals surface area (Å²) in [5, 5.41) is 9.40. The van der Waals surface area contributed by atoms with Crippen LogP contribution < -0.4 is 0 Å². The monoisotopic (exact) mass is 299 g/mol. The third-order valence-electron chi connectivity index (χ3n) is 4.05. The van der Waals surface area contributed by atoms with Crippen LogP contribution in [0.5, 0.6) is 0 Å². The summed E-state index contributed by atoms with van der Waals surface area (Å²) in [6, 6.07) is -0.968. The minimum Gasteiger partial charge on any atom is -0.481 e. The van der Waals surface area contributed by atoms with Crippen molar-refractivity contribution < 1.29 is 29.0 Å². The van der Waals surface area contributed by atoms with E-state index in [1.165, 1.54) is 12.0 Å². The van der Waals surface area contributed by atoms with Crippen molar-refractivity contribution >= 4 is 18.0 Å². The first-order valence-corrected chi connectivity index (χ1v) is 6.99. The van der Waals surface area contributed by atoms with Crippen molar-refractivity contribution in [1.82, 2.24) is 4.90 Å². The zero-order valence-corrected chi connectivity index (χ0v) is 12.7. The van der Waals surface area contributed by atoms with Crippen LogP contribution in [0.2, 0.25) is 0 Å². The lowest BCUT2D eigenvalue weighted by molar-refractivity contribution is -0.156. The number of nitrogens with zero attached hydrogens (tertiary/aromatic N) is 1. The van der Waals surface area contributed by atoms with Gasteiger partial charge in [0.15, 0.2) is 0 Å². The number of hydrogen-bond acceptors (Lipinski definition) is 5. The Bertz CT molecular complexity index is 469. The molecule has 2 heterocycles. The number of ether oxygens (including phenoxy) is 2. The van der Waals surface area contributed by atoms with Gasteiger partial charge in [0.25, 0.3) is 0 Å². The van der Waals surface area contributed by atoms with E-state index in [9.17, 15) is 19.5 Å². The van der Waals surface area contributed by atoms with E-state index in [1.807, 2.05) is 0 Å². The van der Waals surface area contributed by atoms with Crippen molar-refractivity contribution in [1.29, 1.82) is 0 Å². The van der Waals surface area contributed by atoms with Crippen molar-refractivity contribution in [3.8, 4) is 0 Å². The van der Waals surface area contributed by atoms with Crippen LogP contribution in [0.4, 0.5) is 4.79 Å². The second kappa shape index (κ2) is 5.20. The molecule has 0 spiro atoms. The van der Waals surface area contributed by atoms with Gasteiger partial charge in [0.1, 0.15) is 5.60 Å². The Morgan fingerprint density at radius 3 is 2.05 bits per heavy atom. The van der Waals surface area contributed by atoms with Crippen LogP contribution in [0.15, 0.2) is 0 Å². The summed E-state index contributed by atoms with van der Waals surface area (Å²) in [5.74, 6) is -3.41. The number of methoxy groups -OCH3 is 1. The minimum absolute atomic E-state index is 0.460. The van der Waals surface area contributed by atoms with Crippen LogP contribution >= 0.6 is 0 Å². The number of fused-ring (bicyclic) bond motifs is 2. The molecule has 1 amide bonds. The van der Waals surface area contributed by atoms with Crippen LogP contribution in [0.3, 0.4) is 0 Å². The molecule has 2 aliphatic heterocycles. The topological polar surface area (TPSA) is 93.1 Å². The molecule has 0 radical (unpaired) electrons. The highest BCUT2D eigenvalue weighted by atomic mass is 16.6. The average Bonchev–Trinajstić information content (AvgIpc) is 2.90. The molecule has 7 heteroatoms. The number of aliphatic carboxylic acids is 1. The largest absolute Gasteiger partial charge is 0.481 e. The number of carbonyl (C=O) groups is 3. The molecule has 2 fully saturated rings. The summed E-state index contributed by atoms with van der Waals surface area (Å²) in [6.45, 7) is 5.24. The summed E-state index contributed by atoms with van der Waals surface area (Å²) < 4.78 is 10.0. The molecule has 118 valence electrons. The van der Waals surface area contributed by atoms with Gasteiger partial charge < -0.3 is 19.5 Å². The van der Waals surface area contributed by atoms with E-state index >= 15 is 0 Å². The van der Waals surface area contributed by atoms with E-state index in [4.69, 9.17) is 9.47 Å². The van der Waals surface area contributed by atoms with Gasteiger partial charge in [-0.1, -0.05) is 0 Å². The SMILES string of the molecule is COC(=O)[C@H]1[C@@H](C(=O)O)[C@H]2CC[C@@H]1N2C(=O)OC(C)(C)C. The molecule has 2 rings (SSSR count). The zero-order valence-electron chi connectivity index (χ0n) is 12.7. The third-order valence-corrected chi connectivity index (χ3v) is 4.05. The second-order valence-electron chi connectivity index (χ2n) is 6.51. The first-order chi connectivity index (χ1) is 9.67. The maximum atomic E-state index is 12.3. The highest BCUT2D eigenvalue weighted by Gasteiger charge is 2.61. The number of hydrogen-bond donors (Lipinski definition) is 1. The van der Waals surface area contributed by atoms with Crippen molar-refractivity contribution in [3.05, 3.63) is 0 Å². The Labute approximate surface area is 123 Å². The van der Waals surface area contributed by atoms with Gasteiger partial charge >= 0.3 is 18.0 Å². The molecular formula is C14H21NO6. The summed E-state index contributed by atoms with van der Waals surface area (Å²) in [6.07, 6.45) is 0.592. The lowest BCUT2D eigenvalue weighted by Crippen LogP contribution is -2.41. The predicted molar refractivity (Wildman–Crippen MR) is 71.5 cm³/mol. The minimum atomic E-state index is -1.08. The van der Waals surface area contributed by atoms with Gasteiger partial charge in [-0.15, -0.1) is 0 Å². The van der Waals surface area contributed by atoms with E-state index in [1.54, 1.807) is 20.8 Å². The molecule has 7 nitrogen and oxygen atoms in total. The molecular weight excluding hydrogens is 278 g/mol. The Kier molecular flexibility index (Phi) is 3.86. The molecule has 0 aromatic heterocycles. The van der Waals surface area contributed by atoms with Crippen LogP contribution in [0, 0.1) is 11.8 Å². The van der Waals surface area contributed by atoms with Crippen molar-refractivity contribution in [2.75, 3.05) is 7.11 Å². The highest BCUT2D eigenvalue weighted by molar-refractivity contribution is 5.86. The highest BCUT2D eigenvalue weighted by Crippen LogP contribution is 2.47. The van der Waals surface area contributed by atoms with Crippen LogP contribution in [0.25, 0.3) is 0 Å². The zero-order chi connectivity index (χ0) is 15.9. The van der Waals surface area contributed by atoms with Gasteiger partial charge in [0.05, 0.1) is 18.9 Å². The van der Waals surface area contributed by atoms with Crippen LogP contribution in [-0.2, 0) is 19.1 Å². The van der Waals surface area contributed by atoms with Gasteiger partial charge in [-0.05, 0) is 33.6 Å². The lowest BCUT2D eigenvalue weighted by atomic mass is 9.79. The molecule has 2 aliphatic rings. The number of carboxylic acid groups (broad SMARTS) is 1. The first-order valence-electron chi connectivity index (χ1n) is 6.99. The number of rotatable bonds is 2. The fraction of sp³-hybridized carbons (Fsp3) is 0.786. The molecule has 0 aromatic carbocycles. The normalized spacial score (nSPS) is 31.1. The Morgan fingerprint density at radius 1 is 1.10 bits per heavy atom. The third kappa shape index (κ3) is 2.69. The molecule has 0 aliphatic carbocycles. The Hall–Kier alpha value is -1.79. The predicted octanol–water partition coefficient (Wildman–Crippen LogP) is 1.26. The Balaban J connectivity index is 2.28. The average molecular weight is 299 g/mol.